The lowest BCUT2D eigenvalue weighted by atomic mass is 10.0. The Hall–Kier alpha value is -0.970. The maximum absolute atomic E-state index is 10.9. The maximum Gasteiger partial charge on any atom is 0.354 e. The topological polar surface area (TPSA) is 55.1 Å². The Bertz CT molecular complexity index is 369. The minimum absolute atomic E-state index is 0.278. The second-order valence-electron chi connectivity index (χ2n) is 3.80. The van der Waals surface area contributed by atoms with Crippen LogP contribution in [0.1, 0.15) is 34.9 Å². The monoisotopic (exact) mass is 226 g/mol. The predicted octanol–water partition coefficient (Wildman–Crippen LogP) is 1.73. The molecule has 0 radical (unpaired) electrons. The molecule has 0 bridgehead atoms. The lowest BCUT2D eigenvalue weighted by Gasteiger charge is -2.18. The lowest BCUT2D eigenvalue weighted by molar-refractivity contribution is 0.0685. The summed E-state index contributed by atoms with van der Waals surface area (Å²) >= 11 is 1.92. The van der Waals surface area contributed by atoms with Crippen molar-refractivity contribution in [3.63, 3.8) is 0 Å². The summed E-state index contributed by atoms with van der Waals surface area (Å²) in [6.07, 6.45) is 2.33. The van der Waals surface area contributed by atoms with Crippen LogP contribution in [0.4, 0.5) is 0 Å². The van der Waals surface area contributed by atoms with Gasteiger partial charge in [-0.05, 0) is 24.7 Å². The molecule has 1 atom stereocenters. The number of carboxylic acids is 1. The van der Waals surface area contributed by atoms with Crippen molar-refractivity contribution < 1.29 is 9.90 Å². The summed E-state index contributed by atoms with van der Waals surface area (Å²) in [4.78, 5) is 10.9. The average molecular weight is 226 g/mol. The highest BCUT2D eigenvalue weighted by Crippen LogP contribution is 2.30. The highest BCUT2D eigenvalue weighted by atomic mass is 32.2. The quantitative estimate of drug-likeness (QED) is 0.834. The number of hydrogen-bond acceptors (Lipinski definition) is 3. The summed E-state index contributed by atoms with van der Waals surface area (Å²) in [6.45, 7) is 0. The van der Waals surface area contributed by atoms with Crippen molar-refractivity contribution in [3.05, 3.63) is 17.5 Å². The fourth-order valence-corrected chi connectivity index (χ4v) is 3.02. The molecular weight excluding hydrogens is 212 g/mol. The molecule has 0 saturated carbocycles. The molecular formula is C10H14N2O2S. The smallest absolute Gasteiger partial charge is 0.354 e. The van der Waals surface area contributed by atoms with E-state index in [1.807, 2.05) is 11.8 Å². The van der Waals surface area contributed by atoms with Crippen LogP contribution in [0.2, 0.25) is 0 Å². The molecule has 15 heavy (non-hydrogen) atoms. The third-order valence-corrected chi connectivity index (χ3v) is 3.91. The molecule has 1 aromatic heterocycles. The van der Waals surface area contributed by atoms with Gasteiger partial charge in [-0.15, -0.1) is 0 Å². The van der Waals surface area contributed by atoms with E-state index in [4.69, 9.17) is 5.11 Å². The van der Waals surface area contributed by atoms with Crippen molar-refractivity contribution in [2.75, 3.05) is 11.5 Å². The summed E-state index contributed by atoms with van der Waals surface area (Å²) < 4.78 is 1.46. The first-order valence-electron chi connectivity index (χ1n) is 5.03. The van der Waals surface area contributed by atoms with E-state index in [1.54, 1.807) is 13.1 Å². The number of aryl methyl sites for hydroxylation is 1. The van der Waals surface area contributed by atoms with Crippen molar-refractivity contribution in [2.24, 2.45) is 7.05 Å². The Labute approximate surface area is 92.7 Å². The molecule has 0 aromatic carbocycles. The van der Waals surface area contributed by atoms with Crippen LogP contribution in [0.5, 0.6) is 0 Å². The Morgan fingerprint density at radius 3 is 3.07 bits per heavy atom. The van der Waals surface area contributed by atoms with Crippen LogP contribution in [-0.2, 0) is 7.05 Å². The van der Waals surface area contributed by atoms with Gasteiger partial charge >= 0.3 is 5.97 Å². The molecule has 4 nitrogen and oxygen atoms in total. The van der Waals surface area contributed by atoms with Gasteiger partial charge in [-0.3, -0.25) is 4.68 Å². The summed E-state index contributed by atoms with van der Waals surface area (Å²) in [6, 6.07) is 1.71. The molecule has 1 aliphatic rings. The molecule has 1 unspecified atom stereocenters. The highest BCUT2D eigenvalue weighted by Gasteiger charge is 2.21. The van der Waals surface area contributed by atoms with Gasteiger partial charge in [-0.2, -0.15) is 16.9 Å². The fraction of sp³-hybridized carbons (Fsp3) is 0.600. The Morgan fingerprint density at radius 1 is 1.73 bits per heavy atom. The third-order valence-electron chi connectivity index (χ3n) is 2.70. The zero-order valence-electron chi connectivity index (χ0n) is 8.64. The molecule has 0 amide bonds. The predicted molar refractivity (Wildman–Crippen MR) is 59.5 cm³/mol. The first-order chi connectivity index (χ1) is 7.18. The van der Waals surface area contributed by atoms with Crippen LogP contribution in [-0.4, -0.2) is 32.4 Å². The van der Waals surface area contributed by atoms with Crippen LogP contribution in [0.3, 0.4) is 0 Å². The number of aromatic carboxylic acids is 1. The van der Waals surface area contributed by atoms with Gasteiger partial charge in [0.1, 0.15) is 5.69 Å². The summed E-state index contributed by atoms with van der Waals surface area (Å²) in [5, 5.41) is 13.2. The van der Waals surface area contributed by atoms with E-state index in [1.165, 1.54) is 16.9 Å². The van der Waals surface area contributed by atoms with Crippen LogP contribution in [0, 0.1) is 0 Å². The zero-order chi connectivity index (χ0) is 10.8. The first kappa shape index (κ1) is 10.5. The van der Waals surface area contributed by atoms with E-state index in [2.05, 4.69) is 5.10 Å². The summed E-state index contributed by atoms with van der Waals surface area (Å²) in [7, 11) is 1.68. The molecule has 2 heterocycles. The standard InChI is InChI=1S/C10H14N2O2S/c1-12-9(10(13)14)5-8(11-12)7-3-2-4-15-6-7/h5,7H,2-4,6H2,1H3,(H,13,14). The second kappa shape index (κ2) is 4.26. The second-order valence-corrected chi connectivity index (χ2v) is 4.95. The van der Waals surface area contributed by atoms with E-state index in [0.717, 1.165) is 17.9 Å². The minimum Gasteiger partial charge on any atom is -0.477 e. The number of nitrogens with zero attached hydrogens (tertiary/aromatic N) is 2. The molecule has 1 aliphatic heterocycles. The largest absolute Gasteiger partial charge is 0.477 e. The molecule has 1 N–H and O–H groups in total. The van der Waals surface area contributed by atoms with Crippen molar-refractivity contribution in [2.45, 2.75) is 18.8 Å². The summed E-state index contributed by atoms with van der Waals surface area (Å²) in [5.74, 6) is 1.81. The molecule has 82 valence electrons. The van der Waals surface area contributed by atoms with Gasteiger partial charge in [0.25, 0.3) is 0 Å². The Kier molecular flexibility index (Phi) is 3.00. The molecule has 0 aliphatic carbocycles. The SMILES string of the molecule is Cn1nc(C2CCCSC2)cc1C(=O)O. The van der Waals surface area contributed by atoms with Gasteiger partial charge in [0.15, 0.2) is 0 Å². The van der Waals surface area contributed by atoms with E-state index in [-0.39, 0.29) is 5.69 Å². The number of carbonyl (C=O) groups is 1. The summed E-state index contributed by atoms with van der Waals surface area (Å²) in [5.41, 5.74) is 1.21. The highest BCUT2D eigenvalue weighted by molar-refractivity contribution is 7.99. The van der Waals surface area contributed by atoms with Crippen molar-refractivity contribution in [1.29, 1.82) is 0 Å². The number of hydrogen-bond donors (Lipinski definition) is 1. The van der Waals surface area contributed by atoms with E-state index in [9.17, 15) is 4.79 Å². The third kappa shape index (κ3) is 2.17. The van der Waals surface area contributed by atoms with Crippen molar-refractivity contribution in [3.8, 4) is 0 Å². The van der Waals surface area contributed by atoms with E-state index in [0.29, 0.717) is 5.92 Å². The van der Waals surface area contributed by atoms with Crippen LogP contribution < -0.4 is 0 Å². The Balaban J connectivity index is 2.21. The fourth-order valence-electron chi connectivity index (χ4n) is 1.86. The molecule has 1 fully saturated rings. The van der Waals surface area contributed by atoms with Crippen LogP contribution >= 0.6 is 11.8 Å². The molecule has 0 spiro atoms. The van der Waals surface area contributed by atoms with Gasteiger partial charge in [0.05, 0.1) is 5.69 Å². The van der Waals surface area contributed by atoms with E-state index < -0.39 is 5.97 Å². The van der Waals surface area contributed by atoms with Crippen molar-refractivity contribution in [1.82, 2.24) is 9.78 Å². The van der Waals surface area contributed by atoms with E-state index >= 15 is 0 Å². The number of carboxylic acid groups (broad SMARTS) is 1. The van der Waals surface area contributed by atoms with Crippen LogP contribution in [0.15, 0.2) is 6.07 Å². The van der Waals surface area contributed by atoms with Crippen molar-refractivity contribution >= 4 is 17.7 Å². The number of rotatable bonds is 2. The normalized spacial score (nSPS) is 21.5. The number of aromatic nitrogens is 2. The lowest BCUT2D eigenvalue weighted by Crippen LogP contribution is -2.09. The van der Waals surface area contributed by atoms with Gasteiger partial charge in [0, 0.05) is 18.7 Å². The zero-order valence-corrected chi connectivity index (χ0v) is 9.46. The van der Waals surface area contributed by atoms with Gasteiger partial charge in [-0.25, -0.2) is 4.79 Å². The average Bonchev–Trinajstić information content (AvgIpc) is 2.62. The first-order valence-corrected chi connectivity index (χ1v) is 6.19. The molecule has 1 saturated heterocycles. The van der Waals surface area contributed by atoms with Gasteiger partial charge in [0.2, 0.25) is 0 Å². The van der Waals surface area contributed by atoms with Crippen LogP contribution in [0.25, 0.3) is 0 Å². The molecule has 2 rings (SSSR count). The maximum atomic E-state index is 10.9. The molecule has 1 aromatic rings. The Morgan fingerprint density at radius 2 is 2.53 bits per heavy atom. The molecule has 5 heteroatoms. The minimum atomic E-state index is -0.903. The van der Waals surface area contributed by atoms with Gasteiger partial charge in [-0.1, -0.05) is 0 Å². The van der Waals surface area contributed by atoms with Gasteiger partial charge < -0.3 is 5.11 Å². The number of thioether (sulfide) groups is 1.